The van der Waals surface area contributed by atoms with E-state index in [-0.39, 0.29) is 47.0 Å². The summed E-state index contributed by atoms with van der Waals surface area (Å²) in [6.07, 6.45) is 0. The minimum Gasteiger partial charge on any atom is -0.400 e. The first-order valence-corrected chi connectivity index (χ1v) is 17.1. The quantitative estimate of drug-likeness (QED) is 0.188. The van der Waals surface area contributed by atoms with Gasteiger partial charge in [0, 0.05) is 11.1 Å². The van der Waals surface area contributed by atoms with Gasteiger partial charge in [0.05, 0.1) is 0 Å². The second-order valence-electron chi connectivity index (χ2n) is 12.4. The fourth-order valence-corrected chi connectivity index (χ4v) is 6.71. The number of hydrogen-bond acceptors (Lipinski definition) is 4. The fraction of sp³-hybridized carbons (Fsp3) is 0.600. The normalized spacial score (nSPS) is 13.1. The Hall–Kier alpha value is -1.66. The summed E-state index contributed by atoms with van der Waals surface area (Å²) in [6, 6.07) is 3.99. The molecule has 0 aromatic heterocycles. The van der Waals surface area contributed by atoms with Crippen molar-refractivity contribution >= 4 is 15.6 Å². The SMILES string of the molecule is CC(C)c1ccc(-c2c(OP(=O)(O)O)c(OP(=O)(O)O)c(C(C)C)c(C(C)C)c2C(C)C)c(C(C)C)c1C(C)C. The molecule has 2 aromatic rings. The van der Waals surface area contributed by atoms with Gasteiger partial charge in [-0.1, -0.05) is 95.2 Å². The predicted molar refractivity (Wildman–Crippen MR) is 162 cm³/mol. The summed E-state index contributed by atoms with van der Waals surface area (Å²) in [6.45, 7) is 24.4. The average Bonchev–Trinajstić information content (AvgIpc) is 2.75. The van der Waals surface area contributed by atoms with Crippen LogP contribution in [0.4, 0.5) is 0 Å². The number of phosphoric ester groups is 2. The standard InChI is InChI=1S/C30H48O8P2/c1-15(2)21-13-14-22(24(17(5)6)23(21)16(3)4)28-26(19(9)10)25(18(7)8)27(20(11)12)29(37-39(31,32)33)30(28)38-40(34,35)36/h13-20H,1-12H3,(H2,31,32,33)(H2,34,35,36). The molecule has 10 heteroatoms. The summed E-state index contributed by atoms with van der Waals surface area (Å²) in [5, 5.41) is 0. The van der Waals surface area contributed by atoms with Crippen LogP contribution in [-0.4, -0.2) is 19.6 Å². The van der Waals surface area contributed by atoms with E-state index in [0.29, 0.717) is 16.7 Å². The molecule has 4 N–H and O–H groups in total. The highest BCUT2D eigenvalue weighted by molar-refractivity contribution is 7.47. The second kappa shape index (κ2) is 12.7. The summed E-state index contributed by atoms with van der Waals surface area (Å²) in [5.41, 5.74) is 6.55. The van der Waals surface area contributed by atoms with Crippen LogP contribution in [-0.2, 0) is 9.13 Å². The Labute approximate surface area is 240 Å². The molecule has 226 valence electrons. The van der Waals surface area contributed by atoms with Crippen molar-refractivity contribution in [1.82, 2.24) is 0 Å². The van der Waals surface area contributed by atoms with Crippen molar-refractivity contribution in [1.29, 1.82) is 0 Å². The minimum atomic E-state index is -5.19. The van der Waals surface area contributed by atoms with Crippen LogP contribution < -0.4 is 9.05 Å². The van der Waals surface area contributed by atoms with Crippen LogP contribution in [0, 0.1) is 0 Å². The van der Waals surface area contributed by atoms with Crippen LogP contribution in [0.25, 0.3) is 11.1 Å². The third-order valence-electron chi connectivity index (χ3n) is 7.05. The van der Waals surface area contributed by atoms with Crippen LogP contribution in [0.3, 0.4) is 0 Å². The molecule has 0 fully saturated rings. The molecule has 0 radical (unpaired) electrons. The van der Waals surface area contributed by atoms with E-state index in [1.165, 1.54) is 5.56 Å². The van der Waals surface area contributed by atoms with Crippen molar-refractivity contribution in [2.45, 2.75) is 119 Å². The maximum Gasteiger partial charge on any atom is 0.524 e. The molecule has 0 amide bonds. The Morgan fingerprint density at radius 2 is 0.900 bits per heavy atom. The molecule has 0 aliphatic carbocycles. The summed E-state index contributed by atoms with van der Waals surface area (Å²) in [4.78, 5) is 40.1. The van der Waals surface area contributed by atoms with Crippen molar-refractivity contribution in [2.75, 3.05) is 0 Å². The highest BCUT2D eigenvalue weighted by Crippen LogP contribution is 2.59. The highest BCUT2D eigenvalue weighted by atomic mass is 31.2. The van der Waals surface area contributed by atoms with Crippen LogP contribution >= 0.6 is 15.6 Å². The van der Waals surface area contributed by atoms with E-state index in [1.807, 2.05) is 53.7 Å². The molecule has 0 saturated heterocycles. The average molecular weight is 599 g/mol. The van der Waals surface area contributed by atoms with Crippen molar-refractivity contribution < 1.29 is 37.8 Å². The van der Waals surface area contributed by atoms with Crippen molar-refractivity contribution in [3.05, 3.63) is 45.5 Å². The molecule has 0 aliphatic rings. The lowest BCUT2D eigenvalue weighted by Crippen LogP contribution is -2.14. The van der Waals surface area contributed by atoms with Gasteiger partial charge in [0.2, 0.25) is 0 Å². The summed E-state index contributed by atoms with van der Waals surface area (Å²) < 4.78 is 35.4. The topological polar surface area (TPSA) is 134 Å². The Bertz CT molecular complexity index is 1310. The van der Waals surface area contributed by atoms with Gasteiger partial charge in [0.1, 0.15) is 0 Å². The monoisotopic (exact) mass is 598 g/mol. The van der Waals surface area contributed by atoms with Gasteiger partial charge in [-0.05, 0) is 68.9 Å². The van der Waals surface area contributed by atoms with E-state index >= 15 is 0 Å². The van der Waals surface area contributed by atoms with E-state index in [2.05, 4.69) is 41.5 Å². The zero-order valence-electron chi connectivity index (χ0n) is 25.9. The number of benzene rings is 2. The first-order valence-electron chi connectivity index (χ1n) is 14.0. The van der Waals surface area contributed by atoms with E-state index in [4.69, 9.17) is 9.05 Å². The molecule has 0 saturated carbocycles. The van der Waals surface area contributed by atoms with Crippen LogP contribution in [0.5, 0.6) is 11.5 Å². The van der Waals surface area contributed by atoms with Crippen LogP contribution in [0.2, 0.25) is 0 Å². The van der Waals surface area contributed by atoms with E-state index in [0.717, 1.165) is 22.3 Å². The molecule has 8 nitrogen and oxygen atoms in total. The van der Waals surface area contributed by atoms with Crippen molar-refractivity contribution in [3.63, 3.8) is 0 Å². The van der Waals surface area contributed by atoms with Gasteiger partial charge < -0.3 is 9.05 Å². The van der Waals surface area contributed by atoms with Gasteiger partial charge >= 0.3 is 15.6 Å². The first kappa shape index (κ1) is 34.5. The molecule has 0 aliphatic heterocycles. The van der Waals surface area contributed by atoms with Gasteiger partial charge in [0.15, 0.2) is 11.5 Å². The lowest BCUT2D eigenvalue weighted by molar-refractivity contribution is 0.262. The Morgan fingerprint density at radius 3 is 1.25 bits per heavy atom. The molecular formula is C30H48O8P2. The van der Waals surface area contributed by atoms with Gasteiger partial charge in [-0.25, -0.2) is 9.13 Å². The third kappa shape index (κ3) is 7.59. The second-order valence-corrected chi connectivity index (χ2v) is 14.7. The summed E-state index contributed by atoms with van der Waals surface area (Å²) in [5.74, 6) is -0.794. The maximum atomic E-state index is 12.4. The van der Waals surface area contributed by atoms with Gasteiger partial charge in [0.25, 0.3) is 0 Å². The molecule has 0 spiro atoms. The minimum absolute atomic E-state index is 0.0208. The summed E-state index contributed by atoms with van der Waals surface area (Å²) in [7, 11) is -10.4. The Morgan fingerprint density at radius 1 is 0.500 bits per heavy atom. The van der Waals surface area contributed by atoms with Crippen molar-refractivity contribution in [3.8, 4) is 22.6 Å². The Kier molecular flexibility index (Phi) is 11.0. The maximum absolute atomic E-state index is 12.4. The van der Waals surface area contributed by atoms with Gasteiger partial charge in [-0.3, -0.25) is 19.6 Å². The predicted octanol–water partition coefficient (Wildman–Crippen LogP) is 9.04. The molecule has 0 unspecified atom stereocenters. The largest absolute Gasteiger partial charge is 0.524 e. The zero-order chi connectivity index (χ0) is 31.1. The molecule has 2 rings (SSSR count). The number of rotatable bonds is 11. The first-order chi connectivity index (χ1) is 18.1. The molecule has 0 bridgehead atoms. The van der Waals surface area contributed by atoms with Crippen LogP contribution in [0.1, 0.15) is 152 Å². The smallest absolute Gasteiger partial charge is 0.400 e. The van der Waals surface area contributed by atoms with Gasteiger partial charge in [-0.2, -0.15) is 0 Å². The Balaban J connectivity index is 3.48. The van der Waals surface area contributed by atoms with E-state index in [9.17, 15) is 28.7 Å². The molecular weight excluding hydrogens is 550 g/mol. The molecule has 40 heavy (non-hydrogen) atoms. The third-order valence-corrected chi connectivity index (χ3v) is 7.89. The lowest BCUT2D eigenvalue weighted by Gasteiger charge is -2.33. The molecule has 0 heterocycles. The van der Waals surface area contributed by atoms with E-state index < -0.39 is 15.6 Å². The van der Waals surface area contributed by atoms with E-state index in [1.54, 1.807) is 0 Å². The van der Waals surface area contributed by atoms with Gasteiger partial charge in [-0.15, -0.1) is 0 Å². The molecule has 2 aromatic carbocycles. The van der Waals surface area contributed by atoms with Crippen LogP contribution in [0.15, 0.2) is 12.1 Å². The highest BCUT2D eigenvalue weighted by Gasteiger charge is 2.37. The summed E-state index contributed by atoms with van der Waals surface area (Å²) >= 11 is 0. The fourth-order valence-electron chi connectivity index (χ4n) is 5.88. The lowest BCUT2D eigenvalue weighted by atomic mass is 9.74. The molecule has 0 atom stereocenters. The number of phosphoric acid groups is 2. The van der Waals surface area contributed by atoms with Crippen molar-refractivity contribution in [2.24, 2.45) is 0 Å². The zero-order valence-corrected chi connectivity index (χ0v) is 27.7. The number of hydrogen-bond donors (Lipinski definition) is 4.